The standard InChI is InChI=1S/C19H23F3N4OS.HI/c1-12-4-5-14(13(2)8-12)15-10-26(6-7-27-15)18(23-3)24-9-17-25-16(11-28-17)19(20,21)22;/h4-5,8,11,15H,6-7,9-10H2,1-3H3,(H,23,24);1H. The lowest BCUT2D eigenvalue weighted by molar-refractivity contribution is -0.140. The van der Waals surface area contributed by atoms with Gasteiger partial charge in [0.1, 0.15) is 11.1 Å². The smallest absolute Gasteiger partial charge is 0.370 e. The molecule has 1 N–H and O–H groups in total. The van der Waals surface area contributed by atoms with Crippen LogP contribution < -0.4 is 5.32 Å². The van der Waals surface area contributed by atoms with Crippen LogP contribution >= 0.6 is 35.3 Å². The Morgan fingerprint density at radius 1 is 1.38 bits per heavy atom. The summed E-state index contributed by atoms with van der Waals surface area (Å²) in [6.45, 7) is 6.15. The molecule has 1 saturated heterocycles. The van der Waals surface area contributed by atoms with Gasteiger partial charge in [-0.1, -0.05) is 23.8 Å². The van der Waals surface area contributed by atoms with Crippen LogP contribution in [0.25, 0.3) is 0 Å². The molecule has 0 bridgehead atoms. The fourth-order valence-electron chi connectivity index (χ4n) is 3.23. The second-order valence-electron chi connectivity index (χ2n) is 6.69. The predicted octanol–water partition coefficient (Wildman–Crippen LogP) is 4.55. The van der Waals surface area contributed by atoms with E-state index in [0.717, 1.165) is 22.3 Å². The summed E-state index contributed by atoms with van der Waals surface area (Å²) in [7, 11) is 1.66. The lowest BCUT2D eigenvalue weighted by atomic mass is 10.00. The van der Waals surface area contributed by atoms with Crippen LogP contribution in [0.15, 0.2) is 28.6 Å². The highest BCUT2D eigenvalue weighted by Gasteiger charge is 2.33. The summed E-state index contributed by atoms with van der Waals surface area (Å²) in [6.07, 6.45) is -4.50. The number of nitrogens with zero attached hydrogens (tertiary/aromatic N) is 3. The van der Waals surface area contributed by atoms with E-state index in [1.807, 2.05) is 0 Å². The number of thiazole rings is 1. The van der Waals surface area contributed by atoms with Crippen molar-refractivity contribution in [3.63, 3.8) is 0 Å². The summed E-state index contributed by atoms with van der Waals surface area (Å²) in [6, 6.07) is 6.28. The van der Waals surface area contributed by atoms with Gasteiger partial charge >= 0.3 is 6.18 Å². The molecule has 2 aromatic rings. The number of hydrogen-bond donors (Lipinski definition) is 1. The first-order valence-corrected chi connectivity index (χ1v) is 9.82. The highest BCUT2D eigenvalue weighted by atomic mass is 127. The molecule has 29 heavy (non-hydrogen) atoms. The second-order valence-corrected chi connectivity index (χ2v) is 7.63. The van der Waals surface area contributed by atoms with E-state index in [2.05, 4.69) is 52.2 Å². The molecule has 10 heteroatoms. The van der Waals surface area contributed by atoms with Gasteiger partial charge in [-0.3, -0.25) is 4.99 Å². The van der Waals surface area contributed by atoms with E-state index in [1.54, 1.807) is 7.05 Å². The average Bonchev–Trinajstić information content (AvgIpc) is 3.12. The van der Waals surface area contributed by atoms with E-state index in [0.29, 0.717) is 30.7 Å². The number of aliphatic imine (C=N–C) groups is 1. The first-order valence-electron chi connectivity index (χ1n) is 8.94. The predicted molar refractivity (Wildman–Crippen MR) is 119 cm³/mol. The highest BCUT2D eigenvalue weighted by molar-refractivity contribution is 14.0. The number of hydrogen-bond acceptors (Lipinski definition) is 4. The van der Waals surface area contributed by atoms with Crippen LogP contribution in [-0.2, 0) is 17.5 Å². The van der Waals surface area contributed by atoms with E-state index < -0.39 is 11.9 Å². The quantitative estimate of drug-likeness (QED) is 0.353. The number of benzene rings is 1. The number of aryl methyl sites for hydroxylation is 2. The van der Waals surface area contributed by atoms with Crippen LogP contribution in [0.5, 0.6) is 0 Å². The van der Waals surface area contributed by atoms with Gasteiger partial charge in [0.25, 0.3) is 0 Å². The average molecular weight is 540 g/mol. The van der Waals surface area contributed by atoms with Gasteiger partial charge in [-0.15, -0.1) is 35.3 Å². The molecule has 1 aromatic heterocycles. The molecule has 1 fully saturated rings. The van der Waals surface area contributed by atoms with Crippen LogP contribution in [0, 0.1) is 13.8 Å². The Hall–Kier alpha value is -1.40. The van der Waals surface area contributed by atoms with E-state index in [4.69, 9.17) is 4.74 Å². The molecular formula is C19H24F3IN4OS. The van der Waals surface area contributed by atoms with Crippen molar-refractivity contribution in [2.75, 3.05) is 26.7 Å². The molecule has 1 aromatic carbocycles. The Morgan fingerprint density at radius 3 is 2.76 bits per heavy atom. The lowest BCUT2D eigenvalue weighted by Crippen LogP contribution is -2.48. The van der Waals surface area contributed by atoms with Crippen molar-refractivity contribution in [2.24, 2.45) is 4.99 Å². The third-order valence-electron chi connectivity index (χ3n) is 4.59. The van der Waals surface area contributed by atoms with Crippen LogP contribution in [0.2, 0.25) is 0 Å². The van der Waals surface area contributed by atoms with Gasteiger partial charge in [0.05, 0.1) is 19.7 Å². The van der Waals surface area contributed by atoms with Crippen LogP contribution in [0.3, 0.4) is 0 Å². The number of rotatable bonds is 3. The van der Waals surface area contributed by atoms with Gasteiger partial charge in [0.2, 0.25) is 0 Å². The molecule has 0 saturated carbocycles. The molecule has 160 valence electrons. The Morgan fingerprint density at radius 2 is 2.14 bits per heavy atom. The van der Waals surface area contributed by atoms with Gasteiger partial charge in [-0.25, -0.2) is 4.98 Å². The number of nitrogens with one attached hydrogen (secondary N) is 1. The Bertz CT molecular complexity index is 856. The zero-order chi connectivity index (χ0) is 20.3. The van der Waals surface area contributed by atoms with Crippen molar-refractivity contribution in [3.05, 3.63) is 51.0 Å². The molecule has 0 aliphatic carbocycles. The molecule has 0 radical (unpaired) electrons. The van der Waals surface area contributed by atoms with Gasteiger partial charge in [-0.2, -0.15) is 13.2 Å². The lowest BCUT2D eigenvalue weighted by Gasteiger charge is -2.35. The number of guanidine groups is 1. The van der Waals surface area contributed by atoms with E-state index in [9.17, 15) is 13.2 Å². The maximum Gasteiger partial charge on any atom is 0.434 e. The van der Waals surface area contributed by atoms with Gasteiger partial charge in [0, 0.05) is 19.0 Å². The van der Waals surface area contributed by atoms with Gasteiger partial charge < -0.3 is 15.0 Å². The first kappa shape index (κ1) is 23.9. The fraction of sp³-hybridized carbons (Fsp3) is 0.474. The summed E-state index contributed by atoms with van der Waals surface area (Å²) in [5, 5.41) is 4.52. The van der Waals surface area contributed by atoms with Crippen molar-refractivity contribution < 1.29 is 17.9 Å². The summed E-state index contributed by atoms with van der Waals surface area (Å²) in [4.78, 5) is 9.99. The monoisotopic (exact) mass is 540 g/mol. The largest absolute Gasteiger partial charge is 0.434 e. The Kier molecular flexibility index (Phi) is 8.29. The van der Waals surface area contributed by atoms with E-state index >= 15 is 0 Å². The van der Waals surface area contributed by atoms with Gasteiger partial charge in [0.15, 0.2) is 11.7 Å². The third-order valence-corrected chi connectivity index (χ3v) is 5.44. The van der Waals surface area contributed by atoms with Crippen LogP contribution in [-0.4, -0.2) is 42.6 Å². The molecule has 1 atom stereocenters. The number of alkyl halides is 3. The normalized spacial score (nSPS) is 17.8. The highest BCUT2D eigenvalue weighted by Crippen LogP contribution is 2.30. The zero-order valence-electron chi connectivity index (χ0n) is 16.4. The molecule has 0 amide bonds. The van der Waals surface area contributed by atoms with Crippen molar-refractivity contribution in [1.29, 1.82) is 0 Å². The molecule has 1 unspecified atom stereocenters. The summed E-state index contributed by atoms with van der Waals surface area (Å²) < 4.78 is 44.0. The second kappa shape index (κ2) is 10.1. The summed E-state index contributed by atoms with van der Waals surface area (Å²) >= 11 is 0.984. The molecule has 1 aliphatic heterocycles. The van der Waals surface area contributed by atoms with Crippen molar-refractivity contribution in [1.82, 2.24) is 15.2 Å². The molecule has 0 spiro atoms. The SMILES string of the molecule is CN=C(NCc1nc(C(F)(F)F)cs1)N1CCOC(c2ccc(C)cc2C)C1.I. The molecule has 2 heterocycles. The minimum Gasteiger partial charge on any atom is -0.370 e. The molecular weight excluding hydrogens is 516 g/mol. The van der Waals surface area contributed by atoms with E-state index in [-0.39, 0.29) is 36.6 Å². The van der Waals surface area contributed by atoms with Crippen molar-refractivity contribution in [2.45, 2.75) is 32.7 Å². The summed E-state index contributed by atoms with van der Waals surface area (Å²) in [5.74, 6) is 0.627. The number of halogens is 4. The molecule has 3 rings (SSSR count). The van der Waals surface area contributed by atoms with Crippen molar-refractivity contribution in [3.8, 4) is 0 Å². The van der Waals surface area contributed by atoms with Crippen molar-refractivity contribution >= 4 is 41.3 Å². The minimum absolute atomic E-state index is 0. The zero-order valence-corrected chi connectivity index (χ0v) is 19.6. The summed E-state index contributed by atoms with van der Waals surface area (Å²) in [5.41, 5.74) is 2.66. The Labute approximate surface area is 189 Å². The minimum atomic E-state index is -4.42. The molecule has 5 nitrogen and oxygen atoms in total. The van der Waals surface area contributed by atoms with Crippen LogP contribution in [0.1, 0.15) is 33.5 Å². The third kappa shape index (κ3) is 6.05. The number of morpholine rings is 1. The number of aromatic nitrogens is 1. The number of ether oxygens (including phenoxy) is 1. The van der Waals surface area contributed by atoms with Gasteiger partial charge in [-0.05, 0) is 25.0 Å². The maximum atomic E-state index is 12.7. The topological polar surface area (TPSA) is 49.8 Å². The molecule has 1 aliphatic rings. The fourth-order valence-corrected chi connectivity index (χ4v) is 3.97. The van der Waals surface area contributed by atoms with E-state index in [1.165, 1.54) is 11.1 Å². The maximum absolute atomic E-state index is 12.7. The first-order chi connectivity index (χ1) is 13.3. The van der Waals surface area contributed by atoms with Crippen LogP contribution in [0.4, 0.5) is 13.2 Å². The Balaban J connectivity index is 0.00000300.